The van der Waals surface area contributed by atoms with Gasteiger partial charge in [0.1, 0.15) is 0 Å². The number of fused-ring (bicyclic) bond motifs is 1. The second kappa shape index (κ2) is 10.9. The molecule has 184 valence electrons. The third kappa shape index (κ3) is 5.56. The number of alkyl halides is 2. The first kappa shape index (κ1) is 24.1. The molecule has 2 heterocycles. The van der Waals surface area contributed by atoms with Crippen molar-refractivity contribution in [1.29, 1.82) is 0 Å². The van der Waals surface area contributed by atoms with Crippen molar-refractivity contribution in [2.45, 2.75) is 33.2 Å². The van der Waals surface area contributed by atoms with E-state index in [0.29, 0.717) is 48.7 Å². The molecule has 1 amide bonds. The van der Waals surface area contributed by atoms with Gasteiger partial charge < -0.3 is 23.9 Å². The van der Waals surface area contributed by atoms with Gasteiger partial charge in [0.15, 0.2) is 23.1 Å². The lowest BCUT2D eigenvalue weighted by Crippen LogP contribution is -2.26. The number of hydrogen-bond acceptors (Lipinski definition) is 7. The van der Waals surface area contributed by atoms with E-state index in [0.717, 1.165) is 5.56 Å². The number of rotatable bonds is 11. The van der Waals surface area contributed by atoms with Gasteiger partial charge in [0.2, 0.25) is 0 Å². The number of ether oxygens (including phenoxy) is 2. The van der Waals surface area contributed by atoms with Gasteiger partial charge in [-0.1, -0.05) is 23.4 Å². The molecule has 1 N–H and O–H groups in total. The molecule has 35 heavy (non-hydrogen) atoms. The molecule has 0 bridgehead atoms. The number of nitrogens with one attached hydrogen (secondary N) is 1. The van der Waals surface area contributed by atoms with Crippen LogP contribution in [0.25, 0.3) is 11.0 Å². The van der Waals surface area contributed by atoms with Gasteiger partial charge in [-0.15, -0.1) is 0 Å². The highest BCUT2D eigenvalue weighted by Crippen LogP contribution is 2.29. The maximum Gasteiger partial charge on any atom is 0.316 e. The molecule has 2 aromatic carbocycles. The zero-order chi connectivity index (χ0) is 24.8. The molecule has 0 spiro atoms. The van der Waals surface area contributed by atoms with E-state index in [1.165, 1.54) is 4.57 Å². The molecule has 0 saturated carbocycles. The summed E-state index contributed by atoms with van der Waals surface area (Å²) in [5.74, 6) is 0.210. The Hall–Kier alpha value is -4.02. The molecule has 4 aromatic rings. The fraction of sp³-hybridized carbons (Fsp3) is 0.333. The van der Waals surface area contributed by atoms with Crippen molar-refractivity contribution in [3.63, 3.8) is 0 Å². The summed E-state index contributed by atoms with van der Waals surface area (Å²) in [7, 11) is 0. The topological polar surface area (TPSA) is 104 Å². The highest BCUT2D eigenvalue weighted by Gasteiger charge is 2.21. The fourth-order valence-corrected chi connectivity index (χ4v) is 3.63. The van der Waals surface area contributed by atoms with E-state index in [2.05, 4.69) is 20.4 Å². The molecular weight excluding hydrogens is 460 g/mol. The summed E-state index contributed by atoms with van der Waals surface area (Å²) < 4.78 is 44.5. The minimum atomic E-state index is -2.78. The van der Waals surface area contributed by atoms with Gasteiger partial charge in [-0.25, -0.2) is 13.8 Å². The van der Waals surface area contributed by atoms with Crippen LogP contribution in [0.1, 0.15) is 48.2 Å². The molecule has 0 aliphatic heterocycles. The Morgan fingerprint density at radius 2 is 1.86 bits per heavy atom. The normalized spacial score (nSPS) is 11.2. The number of imidazole rings is 1. The van der Waals surface area contributed by atoms with Crippen LogP contribution in [0.4, 0.5) is 8.78 Å². The lowest BCUT2D eigenvalue weighted by Gasteiger charge is -2.12. The van der Waals surface area contributed by atoms with Gasteiger partial charge in [-0.05, 0) is 50.1 Å². The van der Waals surface area contributed by atoms with Crippen molar-refractivity contribution in [3.05, 3.63) is 65.6 Å². The minimum absolute atomic E-state index is 0.0908. The number of carbonyl (C=O) groups is 1. The molecule has 0 atom stereocenters. The lowest BCUT2D eigenvalue weighted by atomic mass is 10.1. The molecule has 0 saturated heterocycles. The first-order valence-corrected chi connectivity index (χ1v) is 11.2. The zero-order valence-electron chi connectivity index (χ0n) is 19.3. The molecule has 0 aliphatic carbocycles. The molecule has 11 heteroatoms. The maximum absolute atomic E-state index is 13.5. The lowest BCUT2D eigenvalue weighted by molar-refractivity contribution is 0.0910. The molecule has 4 rings (SSSR count). The van der Waals surface area contributed by atoms with Crippen LogP contribution in [0.15, 0.2) is 47.0 Å². The standard InChI is InChI=1S/C24H25F2N5O4/c1-3-33-18-10-9-15(13-19(18)34-4-2)11-12-27-23(32)24-29-20(30-35-24)14-31-17-8-6-5-7-16(17)28-22(31)21(25)26/h5-10,13,21H,3-4,11-12,14H2,1-2H3,(H,27,32). The number of nitrogens with zero attached hydrogens (tertiary/aromatic N) is 4. The van der Waals surface area contributed by atoms with E-state index in [9.17, 15) is 13.6 Å². The van der Waals surface area contributed by atoms with Crippen LogP contribution < -0.4 is 14.8 Å². The summed E-state index contributed by atoms with van der Waals surface area (Å²) in [6.07, 6.45) is -2.24. The summed E-state index contributed by atoms with van der Waals surface area (Å²) in [5.41, 5.74) is 1.90. The summed E-state index contributed by atoms with van der Waals surface area (Å²) in [6, 6.07) is 12.4. The Kier molecular flexibility index (Phi) is 7.54. The second-order valence-corrected chi connectivity index (χ2v) is 7.51. The van der Waals surface area contributed by atoms with Crippen LogP contribution in [-0.4, -0.2) is 45.4 Å². The SMILES string of the molecule is CCOc1ccc(CCNC(=O)c2nc(Cn3c(C(F)F)nc4ccccc43)no2)cc1OCC. The molecule has 0 unspecified atom stereocenters. The summed E-state index contributed by atoms with van der Waals surface area (Å²) >= 11 is 0. The first-order valence-electron chi connectivity index (χ1n) is 11.2. The molecule has 0 aliphatic rings. The van der Waals surface area contributed by atoms with Crippen LogP contribution >= 0.6 is 0 Å². The number of benzene rings is 2. The predicted molar refractivity (Wildman–Crippen MR) is 123 cm³/mol. The van der Waals surface area contributed by atoms with Crippen LogP contribution in [0.5, 0.6) is 11.5 Å². The monoisotopic (exact) mass is 485 g/mol. The Labute approximate surface area is 200 Å². The Morgan fingerprint density at radius 1 is 1.09 bits per heavy atom. The van der Waals surface area contributed by atoms with Crippen molar-refractivity contribution < 1.29 is 27.6 Å². The van der Waals surface area contributed by atoms with Gasteiger partial charge in [-0.3, -0.25) is 4.79 Å². The minimum Gasteiger partial charge on any atom is -0.490 e. The van der Waals surface area contributed by atoms with E-state index in [1.807, 2.05) is 32.0 Å². The Balaban J connectivity index is 1.39. The van der Waals surface area contributed by atoms with Crippen LogP contribution in [0.2, 0.25) is 0 Å². The van der Waals surface area contributed by atoms with Gasteiger partial charge in [-0.2, -0.15) is 4.98 Å². The average Bonchev–Trinajstić information content (AvgIpc) is 3.46. The van der Waals surface area contributed by atoms with Crippen molar-refractivity contribution in [2.75, 3.05) is 19.8 Å². The first-order chi connectivity index (χ1) is 17.0. The number of hydrogen-bond donors (Lipinski definition) is 1. The van der Waals surface area contributed by atoms with E-state index in [4.69, 9.17) is 14.0 Å². The quantitative estimate of drug-likeness (QED) is 0.340. The van der Waals surface area contributed by atoms with Gasteiger partial charge in [0.25, 0.3) is 6.43 Å². The third-order valence-corrected chi connectivity index (χ3v) is 5.15. The number of carbonyl (C=O) groups excluding carboxylic acids is 1. The molecule has 2 aromatic heterocycles. The van der Waals surface area contributed by atoms with Crippen LogP contribution in [0, 0.1) is 0 Å². The summed E-state index contributed by atoms with van der Waals surface area (Å²) in [5, 5.41) is 6.50. The van der Waals surface area contributed by atoms with E-state index >= 15 is 0 Å². The Bertz CT molecular complexity index is 1300. The molecule has 9 nitrogen and oxygen atoms in total. The smallest absolute Gasteiger partial charge is 0.316 e. The van der Waals surface area contributed by atoms with E-state index in [1.54, 1.807) is 24.3 Å². The Morgan fingerprint density at radius 3 is 2.63 bits per heavy atom. The van der Waals surface area contributed by atoms with Gasteiger partial charge in [0.05, 0.1) is 30.8 Å². The number of para-hydroxylation sites is 2. The predicted octanol–water partition coefficient (Wildman–Crippen LogP) is 4.18. The number of halogens is 2. The average molecular weight is 485 g/mol. The second-order valence-electron chi connectivity index (χ2n) is 7.51. The molecule has 0 fully saturated rings. The van der Waals surface area contributed by atoms with Crippen molar-refractivity contribution in [1.82, 2.24) is 25.0 Å². The van der Waals surface area contributed by atoms with Gasteiger partial charge >= 0.3 is 11.8 Å². The molecular formula is C24H25F2N5O4. The van der Waals surface area contributed by atoms with Gasteiger partial charge in [0, 0.05) is 6.54 Å². The van der Waals surface area contributed by atoms with Crippen molar-refractivity contribution in [2.24, 2.45) is 0 Å². The van der Waals surface area contributed by atoms with E-state index in [-0.39, 0.29) is 18.3 Å². The van der Waals surface area contributed by atoms with E-state index < -0.39 is 18.2 Å². The number of aromatic nitrogens is 4. The largest absolute Gasteiger partial charge is 0.490 e. The van der Waals surface area contributed by atoms with Crippen LogP contribution in [-0.2, 0) is 13.0 Å². The highest BCUT2D eigenvalue weighted by atomic mass is 19.3. The third-order valence-electron chi connectivity index (χ3n) is 5.15. The summed E-state index contributed by atoms with van der Waals surface area (Å²) in [4.78, 5) is 20.5. The number of amides is 1. The zero-order valence-corrected chi connectivity index (χ0v) is 19.3. The van der Waals surface area contributed by atoms with Crippen LogP contribution in [0.3, 0.4) is 0 Å². The fourth-order valence-electron chi connectivity index (χ4n) is 3.63. The highest BCUT2D eigenvalue weighted by molar-refractivity contribution is 5.89. The maximum atomic E-state index is 13.5. The summed E-state index contributed by atoms with van der Waals surface area (Å²) in [6.45, 7) is 5.04. The molecule has 0 radical (unpaired) electrons. The van der Waals surface area contributed by atoms with Crippen molar-refractivity contribution >= 4 is 16.9 Å². The van der Waals surface area contributed by atoms with Crippen molar-refractivity contribution in [3.8, 4) is 11.5 Å².